The van der Waals surface area contributed by atoms with Crippen molar-refractivity contribution in [3.8, 4) is 5.75 Å². The molecule has 6 nitrogen and oxygen atoms in total. The number of benzene rings is 1. The molecule has 1 saturated heterocycles. The van der Waals surface area contributed by atoms with Crippen molar-refractivity contribution in [3.63, 3.8) is 0 Å². The van der Waals surface area contributed by atoms with Gasteiger partial charge in [-0.3, -0.25) is 19.3 Å². The average molecular weight is 388 g/mol. The molecule has 1 N–H and O–H groups in total. The summed E-state index contributed by atoms with van der Waals surface area (Å²) in [6.07, 6.45) is 1.68. The predicted molar refractivity (Wildman–Crippen MR) is 103 cm³/mol. The van der Waals surface area contributed by atoms with Crippen molar-refractivity contribution in [1.82, 2.24) is 4.90 Å². The summed E-state index contributed by atoms with van der Waals surface area (Å²) in [6.45, 7) is 1.65. The molecule has 0 atom stereocenters. The Morgan fingerprint density at radius 3 is 2.54 bits per heavy atom. The highest BCUT2D eigenvalue weighted by Crippen LogP contribution is 2.33. The number of hydrogen-bond acceptors (Lipinski definition) is 6. The lowest BCUT2D eigenvalue weighted by molar-refractivity contribution is -0.127. The summed E-state index contributed by atoms with van der Waals surface area (Å²) >= 11 is 2.38. The van der Waals surface area contributed by atoms with Crippen molar-refractivity contribution >= 4 is 51.9 Å². The Balaban J connectivity index is 1.65. The van der Waals surface area contributed by atoms with Crippen molar-refractivity contribution in [2.24, 2.45) is 0 Å². The topological polar surface area (TPSA) is 75.7 Å². The monoisotopic (exact) mass is 388 g/mol. The number of methoxy groups -OCH3 is 1. The minimum absolute atomic E-state index is 0.322. The zero-order valence-corrected chi connectivity index (χ0v) is 15.8. The van der Waals surface area contributed by atoms with Crippen molar-refractivity contribution in [2.75, 3.05) is 19.0 Å². The Morgan fingerprint density at radius 1 is 1.19 bits per heavy atom. The van der Waals surface area contributed by atoms with E-state index < -0.39 is 17.1 Å². The van der Waals surface area contributed by atoms with Gasteiger partial charge in [-0.1, -0.05) is 0 Å². The molecule has 1 aromatic heterocycles. The van der Waals surface area contributed by atoms with Crippen LogP contribution in [-0.2, 0) is 9.59 Å². The molecule has 0 bridgehead atoms. The predicted octanol–water partition coefficient (Wildman–Crippen LogP) is 3.74. The third-order valence-corrected chi connectivity index (χ3v) is 5.44. The maximum atomic E-state index is 12.4. The maximum absolute atomic E-state index is 12.4. The molecule has 0 aliphatic carbocycles. The smallest absolute Gasteiger partial charge is 0.294 e. The fourth-order valence-electron chi connectivity index (χ4n) is 2.31. The number of thiophene rings is 1. The van der Waals surface area contributed by atoms with E-state index >= 15 is 0 Å². The summed E-state index contributed by atoms with van der Waals surface area (Å²) in [4.78, 5) is 40.0. The van der Waals surface area contributed by atoms with E-state index in [4.69, 9.17) is 4.74 Å². The van der Waals surface area contributed by atoms with Crippen LogP contribution in [0.2, 0.25) is 0 Å². The number of nitrogens with one attached hydrogen (secondary N) is 1. The molecule has 1 fully saturated rings. The van der Waals surface area contributed by atoms with Gasteiger partial charge in [0.15, 0.2) is 0 Å². The summed E-state index contributed by atoms with van der Waals surface area (Å²) in [5, 5.41) is 2.22. The number of carbonyl (C=O) groups is 3. The van der Waals surface area contributed by atoms with E-state index in [-0.39, 0.29) is 6.54 Å². The SMILES string of the molecule is COc1ccc(NC(=O)CN2C(=O)S/C(=C/c3ccc(C)s3)C2=O)cc1. The second-order valence-electron chi connectivity index (χ2n) is 5.49. The number of imide groups is 1. The lowest BCUT2D eigenvalue weighted by atomic mass is 10.3. The highest BCUT2D eigenvalue weighted by atomic mass is 32.2. The van der Waals surface area contributed by atoms with E-state index in [0.717, 1.165) is 26.4 Å². The lowest BCUT2D eigenvalue weighted by Gasteiger charge is -2.12. The van der Waals surface area contributed by atoms with Crippen molar-refractivity contribution in [3.05, 3.63) is 51.1 Å². The molecule has 0 saturated carbocycles. The summed E-state index contributed by atoms with van der Waals surface area (Å²) < 4.78 is 5.05. The quantitative estimate of drug-likeness (QED) is 0.790. The zero-order valence-electron chi connectivity index (χ0n) is 14.1. The zero-order chi connectivity index (χ0) is 18.7. The van der Waals surface area contributed by atoms with Crippen LogP contribution < -0.4 is 10.1 Å². The molecule has 8 heteroatoms. The standard InChI is InChI=1S/C18H16N2O4S2/c1-11-3-8-14(25-11)9-15-17(22)20(18(23)26-15)10-16(21)19-12-4-6-13(24-2)7-5-12/h3-9H,10H2,1-2H3,(H,19,21)/b15-9+. The molecular formula is C18H16N2O4S2. The fourth-order valence-corrected chi connectivity index (χ4v) is 4.04. The first-order valence-corrected chi connectivity index (χ1v) is 9.35. The van der Waals surface area contributed by atoms with Gasteiger partial charge in [0, 0.05) is 15.4 Å². The van der Waals surface area contributed by atoms with Crippen molar-refractivity contribution in [1.29, 1.82) is 0 Å². The number of carbonyl (C=O) groups excluding carboxylic acids is 3. The van der Waals surface area contributed by atoms with Gasteiger partial charge in [-0.05, 0) is 61.2 Å². The summed E-state index contributed by atoms with van der Waals surface area (Å²) in [5.74, 6) is -0.218. The molecule has 2 heterocycles. The minimum atomic E-state index is -0.448. The molecule has 2 aromatic rings. The molecule has 3 amide bonds. The van der Waals surface area contributed by atoms with E-state index in [1.54, 1.807) is 37.5 Å². The molecule has 3 rings (SSSR count). The van der Waals surface area contributed by atoms with Gasteiger partial charge in [0.1, 0.15) is 12.3 Å². The first-order chi connectivity index (χ1) is 12.5. The van der Waals surface area contributed by atoms with Crippen LogP contribution in [-0.4, -0.2) is 35.6 Å². The van der Waals surface area contributed by atoms with Gasteiger partial charge in [-0.25, -0.2) is 0 Å². The van der Waals surface area contributed by atoms with E-state index in [0.29, 0.717) is 16.3 Å². The Morgan fingerprint density at radius 2 is 1.92 bits per heavy atom. The van der Waals surface area contributed by atoms with Gasteiger partial charge >= 0.3 is 0 Å². The molecule has 26 heavy (non-hydrogen) atoms. The van der Waals surface area contributed by atoms with Crippen LogP contribution >= 0.6 is 23.1 Å². The molecular weight excluding hydrogens is 372 g/mol. The fraction of sp³-hybridized carbons (Fsp3) is 0.167. The molecule has 134 valence electrons. The number of thioether (sulfide) groups is 1. The molecule has 1 aromatic carbocycles. The van der Waals surface area contributed by atoms with E-state index in [2.05, 4.69) is 5.32 Å². The molecule has 1 aliphatic heterocycles. The van der Waals surface area contributed by atoms with Gasteiger partial charge < -0.3 is 10.1 Å². The maximum Gasteiger partial charge on any atom is 0.294 e. The van der Waals surface area contributed by atoms with Crippen LogP contribution in [0.3, 0.4) is 0 Å². The summed E-state index contributed by atoms with van der Waals surface area (Å²) in [5.41, 5.74) is 0.562. The van der Waals surface area contributed by atoms with Crippen LogP contribution in [0.15, 0.2) is 41.3 Å². The van der Waals surface area contributed by atoms with Gasteiger partial charge in [0.25, 0.3) is 11.1 Å². The normalized spacial score (nSPS) is 15.6. The number of rotatable bonds is 5. The van der Waals surface area contributed by atoms with Gasteiger partial charge in [0.05, 0.1) is 12.0 Å². The Hall–Kier alpha value is -2.58. The third kappa shape index (κ3) is 4.14. The number of aryl methyl sites for hydroxylation is 1. The van der Waals surface area contributed by atoms with Crippen LogP contribution in [0.5, 0.6) is 5.75 Å². The Bertz CT molecular complexity index is 887. The van der Waals surface area contributed by atoms with E-state index in [1.807, 2.05) is 19.1 Å². The van der Waals surface area contributed by atoms with E-state index in [9.17, 15) is 14.4 Å². The first-order valence-electron chi connectivity index (χ1n) is 7.72. The van der Waals surface area contributed by atoms with Gasteiger partial charge in [-0.2, -0.15) is 0 Å². The van der Waals surface area contributed by atoms with Crippen LogP contribution in [0.25, 0.3) is 6.08 Å². The second kappa shape index (κ2) is 7.76. The number of ether oxygens (including phenoxy) is 1. The Labute approximate surface area is 158 Å². The van der Waals surface area contributed by atoms with Gasteiger partial charge in [-0.15, -0.1) is 11.3 Å². The third-order valence-electron chi connectivity index (χ3n) is 3.58. The van der Waals surface area contributed by atoms with Crippen LogP contribution in [0, 0.1) is 6.92 Å². The number of hydrogen-bond donors (Lipinski definition) is 1. The summed E-state index contributed by atoms with van der Waals surface area (Å²) in [7, 11) is 1.55. The molecule has 1 aliphatic rings. The molecule has 0 radical (unpaired) electrons. The number of nitrogens with zero attached hydrogens (tertiary/aromatic N) is 1. The highest BCUT2D eigenvalue weighted by Gasteiger charge is 2.36. The highest BCUT2D eigenvalue weighted by molar-refractivity contribution is 8.18. The molecule has 0 unspecified atom stereocenters. The number of amides is 3. The minimum Gasteiger partial charge on any atom is -0.497 e. The lowest BCUT2D eigenvalue weighted by Crippen LogP contribution is -2.36. The van der Waals surface area contributed by atoms with E-state index in [1.165, 1.54) is 11.3 Å². The van der Waals surface area contributed by atoms with Crippen LogP contribution in [0.1, 0.15) is 9.75 Å². The van der Waals surface area contributed by atoms with Crippen molar-refractivity contribution in [2.45, 2.75) is 6.92 Å². The average Bonchev–Trinajstić information content (AvgIpc) is 3.14. The largest absolute Gasteiger partial charge is 0.497 e. The van der Waals surface area contributed by atoms with Crippen LogP contribution in [0.4, 0.5) is 10.5 Å². The first kappa shape index (κ1) is 18.2. The van der Waals surface area contributed by atoms with Gasteiger partial charge in [0.2, 0.25) is 5.91 Å². The van der Waals surface area contributed by atoms with Crippen molar-refractivity contribution < 1.29 is 19.1 Å². The molecule has 0 spiro atoms. The Kier molecular flexibility index (Phi) is 5.43. The number of anilines is 1. The second-order valence-corrected chi connectivity index (χ2v) is 7.81. The summed E-state index contributed by atoms with van der Waals surface area (Å²) in [6, 6.07) is 10.6.